The van der Waals surface area contributed by atoms with Crippen molar-refractivity contribution in [3.8, 4) is 5.75 Å². The van der Waals surface area contributed by atoms with Crippen molar-refractivity contribution < 1.29 is 19.4 Å². The van der Waals surface area contributed by atoms with Gasteiger partial charge in [-0.1, -0.05) is 0 Å². The number of amides is 1. The number of benzene rings is 1. The lowest BCUT2D eigenvalue weighted by molar-refractivity contribution is -0.156. The largest absolute Gasteiger partial charge is 0.508 e. The maximum Gasteiger partial charge on any atom is 0.328 e. The van der Waals surface area contributed by atoms with Crippen LogP contribution in [0.3, 0.4) is 0 Å². The second kappa shape index (κ2) is 6.24. The number of phenolic OH excluding ortho intramolecular Hbond substituents is 1. The number of rotatable bonds is 3. The quantitative estimate of drug-likeness (QED) is 0.849. The van der Waals surface area contributed by atoms with Crippen molar-refractivity contribution in [2.75, 3.05) is 0 Å². The normalized spacial score (nSPS) is 12.7. The molecule has 1 amide bonds. The van der Waals surface area contributed by atoms with Gasteiger partial charge in [0.15, 0.2) is 0 Å². The van der Waals surface area contributed by atoms with Gasteiger partial charge < -0.3 is 15.2 Å². The number of aromatic hydroxyl groups is 1. The molecule has 0 aliphatic heterocycles. The van der Waals surface area contributed by atoms with Gasteiger partial charge in [0.2, 0.25) is 0 Å². The van der Waals surface area contributed by atoms with Gasteiger partial charge >= 0.3 is 5.97 Å². The first-order valence-electron chi connectivity index (χ1n) is 7.29. The summed E-state index contributed by atoms with van der Waals surface area (Å²) >= 11 is 0. The Kier molecular flexibility index (Phi) is 4.54. The van der Waals surface area contributed by atoms with Crippen LogP contribution in [-0.4, -0.2) is 33.6 Å². The number of aromatic nitrogens is 1. The van der Waals surface area contributed by atoms with Crippen LogP contribution in [0.2, 0.25) is 0 Å². The molecule has 122 valence electrons. The van der Waals surface area contributed by atoms with E-state index in [2.05, 4.69) is 10.3 Å². The van der Waals surface area contributed by atoms with Gasteiger partial charge in [-0.3, -0.25) is 9.78 Å². The number of esters is 1. The van der Waals surface area contributed by atoms with E-state index in [0.717, 1.165) is 0 Å². The highest BCUT2D eigenvalue weighted by atomic mass is 16.6. The predicted molar refractivity (Wildman–Crippen MR) is 86.2 cm³/mol. The molecule has 0 radical (unpaired) electrons. The second-order valence-electron chi connectivity index (χ2n) is 6.29. The predicted octanol–water partition coefficient (Wildman–Crippen LogP) is 2.40. The molecule has 1 aromatic heterocycles. The summed E-state index contributed by atoms with van der Waals surface area (Å²) in [5.41, 5.74) is 0.268. The highest BCUT2D eigenvalue weighted by Crippen LogP contribution is 2.21. The molecule has 0 saturated heterocycles. The van der Waals surface area contributed by atoms with E-state index in [1.165, 1.54) is 18.3 Å². The SMILES string of the molecule is C[C@@H](NC(=O)c1ccnc2cc(O)ccc12)C(=O)OC(C)(C)C. The Morgan fingerprint density at radius 3 is 2.61 bits per heavy atom. The van der Waals surface area contributed by atoms with Gasteiger partial charge in [-0.25, -0.2) is 4.79 Å². The number of carbonyl (C=O) groups is 2. The molecule has 1 heterocycles. The van der Waals surface area contributed by atoms with Crippen molar-refractivity contribution in [1.29, 1.82) is 0 Å². The summed E-state index contributed by atoms with van der Waals surface area (Å²) in [4.78, 5) is 28.5. The van der Waals surface area contributed by atoms with Gasteiger partial charge in [0, 0.05) is 17.6 Å². The lowest BCUT2D eigenvalue weighted by atomic mass is 10.1. The summed E-state index contributed by atoms with van der Waals surface area (Å²) < 4.78 is 5.24. The van der Waals surface area contributed by atoms with Crippen LogP contribution in [0.25, 0.3) is 10.9 Å². The van der Waals surface area contributed by atoms with E-state index >= 15 is 0 Å². The van der Waals surface area contributed by atoms with Crippen molar-refractivity contribution in [3.63, 3.8) is 0 Å². The van der Waals surface area contributed by atoms with E-state index in [0.29, 0.717) is 16.5 Å². The maximum atomic E-state index is 12.4. The minimum Gasteiger partial charge on any atom is -0.508 e. The molecule has 6 heteroatoms. The Morgan fingerprint density at radius 2 is 1.96 bits per heavy atom. The van der Waals surface area contributed by atoms with Crippen molar-refractivity contribution in [1.82, 2.24) is 10.3 Å². The molecule has 6 nitrogen and oxygen atoms in total. The minimum absolute atomic E-state index is 0.0738. The Labute approximate surface area is 134 Å². The van der Waals surface area contributed by atoms with Crippen LogP contribution in [0.4, 0.5) is 0 Å². The van der Waals surface area contributed by atoms with Crippen molar-refractivity contribution >= 4 is 22.8 Å². The molecular formula is C17H20N2O4. The number of hydrogen-bond donors (Lipinski definition) is 2. The molecule has 0 spiro atoms. The van der Waals surface area contributed by atoms with E-state index in [1.807, 2.05) is 0 Å². The number of hydrogen-bond acceptors (Lipinski definition) is 5. The Hall–Kier alpha value is -2.63. The number of phenols is 1. The molecule has 2 N–H and O–H groups in total. The fourth-order valence-electron chi connectivity index (χ4n) is 2.06. The standard InChI is InChI=1S/C17H20N2O4/c1-10(16(22)23-17(2,3)4)19-15(21)13-7-8-18-14-9-11(20)5-6-12(13)14/h5-10,20H,1-4H3,(H,19,21)/t10-/m1/s1. The number of ether oxygens (including phenoxy) is 1. The van der Waals surface area contributed by atoms with E-state index in [1.54, 1.807) is 39.8 Å². The zero-order valence-corrected chi connectivity index (χ0v) is 13.6. The van der Waals surface area contributed by atoms with E-state index in [9.17, 15) is 14.7 Å². The first-order chi connectivity index (χ1) is 10.7. The van der Waals surface area contributed by atoms with Crippen LogP contribution in [0.5, 0.6) is 5.75 Å². The summed E-state index contributed by atoms with van der Waals surface area (Å²) in [6, 6.07) is 5.37. The van der Waals surface area contributed by atoms with E-state index in [4.69, 9.17) is 4.74 Å². The van der Waals surface area contributed by atoms with Crippen LogP contribution in [0.1, 0.15) is 38.1 Å². The fraction of sp³-hybridized carbons (Fsp3) is 0.353. The zero-order chi connectivity index (χ0) is 17.2. The molecule has 0 fully saturated rings. The molecule has 1 atom stereocenters. The van der Waals surface area contributed by atoms with Gasteiger partial charge in [-0.15, -0.1) is 0 Å². The number of fused-ring (bicyclic) bond motifs is 1. The average Bonchev–Trinajstić information content (AvgIpc) is 2.44. The third kappa shape index (κ3) is 4.18. The van der Waals surface area contributed by atoms with Gasteiger partial charge in [0.1, 0.15) is 17.4 Å². The molecule has 0 unspecified atom stereocenters. The first kappa shape index (κ1) is 16.7. The van der Waals surface area contributed by atoms with Crippen LogP contribution >= 0.6 is 0 Å². The highest BCUT2D eigenvalue weighted by Gasteiger charge is 2.24. The summed E-state index contributed by atoms with van der Waals surface area (Å²) in [5.74, 6) is -0.826. The lowest BCUT2D eigenvalue weighted by Gasteiger charge is -2.22. The second-order valence-corrected chi connectivity index (χ2v) is 6.29. The average molecular weight is 316 g/mol. The van der Waals surface area contributed by atoms with Gasteiger partial charge in [-0.05, 0) is 45.9 Å². The number of nitrogens with zero attached hydrogens (tertiary/aromatic N) is 1. The van der Waals surface area contributed by atoms with Crippen molar-refractivity contribution in [2.24, 2.45) is 0 Å². The van der Waals surface area contributed by atoms with E-state index < -0.39 is 23.5 Å². The number of nitrogens with one attached hydrogen (secondary N) is 1. The topological polar surface area (TPSA) is 88.5 Å². The van der Waals surface area contributed by atoms with Crippen molar-refractivity contribution in [2.45, 2.75) is 39.3 Å². The smallest absolute Gasteiger partial charge is 0.328 e. The fourth-order valence-corrected chi connectivity index (χ4v) is 2.06. The summed E-state index contributed by atoms with van der Waals surface area (Å²) in [5, 5.41) is 12.7. The summed E-state index contributed by atoms with van der Waals surface area (Å²) in [6.07, 6.45) is 1.48. The van der Waals surface area contributed by atoms with Gasteiger partial charge in [0.05, 0.1) is 11.1 Å². The maximum absolute atomic E-state index is 12.4. The molecule has 0 saturated carbocycles. The third-order valence-corrected chi connectivity index (χ3v) is 3.08. The highest BCUT2D eigenvalue weighted by molar-refractivity contribution is 6.07. The zero-order valence-electron chi connectivity index (χ0n) is 13.6. The Bertz CT molecular complexity index is 750. The monoisotopic (exact) mass is 316 g/mol. The molecule has 23 heavy (non-hydrogen) atoms. The third-order valence-electron chi connectivity index (χ3n) is 3.08. The molecule has 2 aromatic rings. The van der Waals surface area contributed by atoms with Gasteiger partial charge in [-0.2, -0.15) is 0 Å². The summed E-state index contributed by atoms with van der Waals surface area (Å²) in [7, 11) is 0. The van der Waals surface area contributed by atoms with Crippen LogP contribution in [0.15, 0.2) is 30.5 Å². The van der Waals surface area contributed by atoms with Crippen LogP contribution in [-0.2, 0) is 9.53 Å². The Morgan fingerprint density at radius 1 is 1.26 bits per heavy atom. The lowest BCUT2D eigenvalue weighted by Crippen LogP contribution is -2.42. The van der Waals surface area contributed by atoms with Crippen molar-refractivity contribution in [3.05, 3.63) is 36.0 Å². The van der Waals surface area contributed by atoms with Crippen LogP contribution in [0, 0.1) is 0 Å². The van der Waals surface area contributed by atoms with E-state index in [-0.39, 0.29) is 5.75 Å². The molecule has 1 aromatic carbocycles. The minimum atomic E-state index is -0.776. The number of pyridine rings is 1. The molecule has 0 aliphatic rings. The Balaban J connectivity index is 2.20. The summed E-state index contributed by atoms with van der Waals surface area (Å²) in [6.45, 7) is 6.87. The van der Waals surface area contributed by atoms with Gasteiger partial charge in [0.25, 0.3) is 5.91 Å². The molecule has 0 aliphatic carbocycles. The number of carbonyl (C=O) groups excluding carboxylic acids is 2. The first-order valence-corrected chi connectivity index (χ1v) is 7.29. The molecule has 2 rings (SSSR count). The van der Waals surface area contributed by atoms with Crippen LogP contribution < -0.4 is 5.32 Å². The molecule has 0 bridgehead atoms. The molecular weight excluding hydrogens is 296 g/mol.